The number of carbonyl (C=O) groups is 1. The normalized spacial score (nSPS) is 15.1. The van der Waals surface area contributed by atoms with Gasteiger partial charge in [0.25, 0.3) is 5.91 Å². The zero-order valence-electron chi connectivity index (χ0n) is 14.8. The molecule has 1 N–H and O–H groups in total. The van der Waals surface area contributed by atoms with Crippen molar-refractivity contribution in [2.45, 2.75) is 6.61 Å². The van der Waals surface area contributed by atoms with Crippen molar-refractivity contribution in [1.82, 2.24) is 4.90 Å². The predicted molar refractivity (Wildman–Crippen MR) is 102 cm³/mol. The summed E-state index contributed by atoms with van der Waals surface area (Å²) < 4.78 is 28.8. The van der Waals surface area contributed by atoms with Crippen LogP contribution in [0.3, 0.4) is 0 Å². The number of anilines is 2. The first-order chi connectivity index (χ1) is 12.9. The molecule has 0 atom stereocenters. The summed E-state index contributed by atoms with van der Waals surface area (Å²) in [4.78, 5) is 17.0. The van der Waals surface area contributed by atoms with Crippen molar-refractivity contribution in [3.63, 3.8) is 0 Å². The molecular weight excluding hydrogens is 376 g/mol. The van der Waals surface area contributed by atoms with Crippen LogP contribution in [0.5, 0.6) is 5.75 Å². The Hall–Kier alpha value is -2.38. The molecular formula is C19H20ClF2N3O2. The summed E-state index contributed by atoms with van der Waals surface area (Å²) in [5.74, 6) is -0.348. The summed E-state index contributed by atoms with van der Waals surface area (Å²) in [6.07, 6.45) is 0. The maximum atomic E-state index is 12.6. The molecule has 0 aliphatic carbocycles. The highest BCUT2D eigenvalue weighted by molar-refractivity contribution is 6.31. The number of ether oxygens (including phenoxy) is 1. The Morgan fingerprint density at radius 2 is 1.78 bits per heavy atom. The summed E-state index contributed by atoms with van der Waals surface area (Å²) in [5.41, 5.74) is 1.85. The average Bonchev–Trinajstić information content (AvgIpc) is 2.63. The molecule has 0 spiro atoms. The van der Waals surface area contributed by atoms with Crippen LogP contribution in [0.25, 0.3) is 0 Å². The molecule has 0 radical (unpaired) electrons. The highest BCUT2D eigenvalue weighted by Crippen LogP contribution is 2.30. The molecule has 144 valence electrons. The van der Waals surface area contributed by atoms with Gasteiger partial charge in [0.1, 0.15) is 5.75 Å². The minimum Gasteiger partial charge on any atom is -0.435 e. The van der Waals surface area contributed by atoms with Crippen molar-refractivity contribution in [3.8, 4) is 5.75 Å². The first-order valence-electron chi connectivity index (χ1n) is 8.51. The number of nitrogens with one attached hydrogen (secondary N) is 1. The third-order valence-electron chi connectivity index (χ3n) is 4.39. The molecule has 5 nitrogen and oxygen atoms in total. The monoisotopic (exact) mass is 395 g/mol. The average molecular weight is 396 g/mol. The number of halogens is 3. The van der Waals surface area contributed by atoms with Gasteiger partial charge in [0.15, 0.2) is 0 Å². The largest absolute Gasteiger partial charge is 0.435 e. The minimum atomic E-state index is -2.90. The number of likely N-dealkylation sites (N-methyl/N-ethyl adjacent to an activating group) is 1. The van der Waals surface area contributed by atoms with E-state index in [1.807, 2.05) is 6.07 Å². The number of carbonyl (C=O) groups excluding carboxylic acids is 1. The van der Waals surface area contributed by atoms with Crippen LogP contribution < -0.4 is 15.0 Å². The molecule has 1 heterocycles. The van der Waals surface area contributed by atoms with E-state index in [-0.39, 0.29) is 11.7 Å². The summed E-state index contributed by atoms with van der Waals surface area (Å²) in [6.45, 7) is 0.659. The summed E-state index contributed by atoms with van der Waals surface area (Å²) in [6, 6.07) is 10.9. The van der Waals surface area contributed by atoms with Crippen molar-refractivity contribution < 1.29 is 18.3 Å². The standard InChI is InChI=1S/C19H20ClF2N3O2/c1-24-8-10-25(11-9-24)17-7-4-14(20)12-16(17)23-18(26)13-2-5-15(6-3-13)27-19(21)22/h2-7,12,19H,8-11H2,1H3,(H,23,26). The Labute approximate surface area is 161 Å². The number of amides is 1. The lowest BCUT2D eigenvalue weighted by molar-refractivity contribution is -0.0498. The first-order valence-corrected chi connectivity index (χ1v) is 8.89. The number of alkyl halides is 2. The highest BCUT2D eigenvalue weighted by Gasteiger charge is 2.19. The molecule has 2 aromatic carbocycles. The van der Waals surface area contributed by atoms with Crippen molar-refractivity contribution in [1.29, 1.82) is 0 Å². The van der Waals surface area contributed by atoms with Crippen LogP contribution in [0.4, 0.5) is 20.2 Å². The Morgan fingerprint density at radius 3 is 2.41 bits per heavy atom. The molecule has 0 saturated carbocycles. The van der Waals surface area contributed by atoms with E-state index < -0.39 is 6.61 Å². The fourth-order valence-corrected chi connectivity index (χ4v) is 3.09. The molecule has 3 rings (SSSR count). The van der Waals surface area contributed by atoms with Gasteiger partial charge in [-0.1, -0.05) is 11.6 Å². The van der Waals surface area contributed by atoms with Gasteiger partial charge in [-0.05, 0) is 49.5 Å². The van der Waals surface area contributed by atoms with E-state index >= 15 is 0 Å². The molecule has 2 aromatic rings. The Morgan fingerprint density at radius 1 is 1.11 bits per heavy atom. The molecule has 0 aromatic heterocycles. The van der Waals surface area contributed by atoms with E-state index in [0.29, 0.717) is 16.3 Å². The zero-order valence-corrected chi connectivity index (χ0v) is 15.5. The Kier molecular flexibility index (Phi) is 6.13. The molecule has 1 amide bonds. The van der Waals surface area contributed by atoms with Crippen molar-refractivity contribution in [2.24, 2.45) is 0 Å². The van der Waals surface area contributed by atoms with Crippen LogP contribution in [0.2, 0.25) is 5.02 Å². The SMILES string of the molecule is CN1CCN(c2ccc(Cl)cc2NC(=O)c2ccc(OC(F)F)cc2)CC1. The summed E-state index contributed by atoms with van der Waals surface area (Å²) in [5, 5.41) is 3.39. The predicted octanol–water partition coefficient (Wildman–Crippen LogP) is 3.95. The van der Waals surface area contributed by atoms with Crippen molar-refractivity contribution in [2.75, 3.05) is 43.4 Å². The molecule has 0 bridgehead atoms. The second-order valence-corrected chi connectivity index (χ2v) is 6.75. The number of nitrogens with zero attached hydrogens (tertiary/aromatic N) is 2. The van der Waals surface area contributed by atoms with Crippen LogP contribution in [-0.4, -0.2) is 50.6 Å². The lowest BCUT2D eigenvalue weighted by atomic mass is 10.1. The molecule has 27 heavy (non-hydrogen) atoms. The molecule has 1 fully saturated rings. The van der Waals surface area contributed by atoms with Gasteiger partial charge in [0.2, 0.25) is 0 Å². The van der Waals surface area contributed by atoms with Crippen LogP contribution in [0.15, 0.2) is 42.5 Å². The number of hydrogen-bond acceptors (Lipinski definition) is 4. The molecule has 1 saturated heterocycles. The number of rotatable bonds is 5. The maximum absolute atomic E-state index is 12.6. The fourth-order valence-electron chi connectivity index (χ4n) is 2.91. The van der Waals surface area contributed by atoms with Gasteiger partial charge in [0.05, 0.1) is 11.4 Å². The summed E-state index contributed by atoms with van der Waals surface area (Å²) >= 11 is 6.11. The third-order valence-corrected chi connectivity index (χ3v) is 4.63. The van der Waals surface area contributed by atoms with E-state index in [1.165, 1.54) is 24.3 Å². The van der Waals surface area contributed by atoms with Gasteiger partial charge in [-0.15, -0.1) is 0 Å². The van der Waals surface area contributed by atoms with Gasteiger partial charge in [-0.3, -0.25) is 4.79 Å². The Balaban J connectivity index is 1.76. The molecule has 8 heteroatoms. The van der Waals surface area contributed by atoms with Gasteiger partial charge in [-0.2, -0.15) is 8.78 Å². The van der Waals surface area contributed by atoms with E-state index in [1.54, 1.807) is 12.1 Å². The van der Waals surface area contributed by atoms with Crippen molar-refractivity contribution in [3.05, 3.63) is 53.1 Å². The second kappa shape index (κ2) is 8.54. The fraction of sp³-hybridized carbons (Fsp3) is 0.316. The molecule has 0 unspecified atom stereocenters. The highest BCUT2D eigenvalue weighted by atomic mass is 35.5. The van der Waals surface area contributed by atoms with E-state index in [9.17, 15) is 13.6 Å². The number of benzene rings is 2. The van der Waals surface area contributed by atoms with E-state index in [4.69, 9.17) is 11.6 Å². The van der Waals surface area contributed by atoms with Crippen molar-refractivity contribution >= 4 is 28.9 Å². The van der Waals surface area contributed by atoms with Crippen LogP contribution in [0, 0.1) is 0 Å². The molecule has 1 aliphatic heterocycles. The zero-order chi connectivity index (χ0) is 19.4. The summed E-state index contributed by atoms with van der Waals surface area (Å²) in [7, 11) is 2.07. The van der Waals surface area contributed by atoms with Gasteiger partial charge in [-0.25, -0.2) is 0 Å². The van der Waals surface area contributed by atoms with Crippen LogP contribution in [-0.2, 0) is 0 Å². The first kappa shape index (κ1) is 19.4. The van der Waals surface area contributed by atoms with Crippen LogP contribution in [0.1, 0.15) is 10.4 Å². The maximum Gasteiger partial charge on any atom is 0.387 e. The lowest BCUT2D eigenvalue weighted by Crippen LogP contribution is -2.44. The van der Waals surface area contributed by atoms with Gasteiger partial charge in [0, 0.05) is 36.8 Å². The smallest absolute Gasteiger partial charge is 0.387 e. The van der Waals surface area contributed by atoms with Crippen LogP contribution >= 0.6 is 11.6 Å². The molecule has 1 aliphatic rings. The quantitative estimate of drug-likeness (QED) is 0.832. The van der Waals surface area contributed by atoms with Gasteiger partial charge >= 0.3 is 6.61 Å². The third kappa shape index (κ3) is 5.08. The van der Waals surface area contributed by atoms with E-state index in [0.717, 1.165) is 31.9 Å². The van der Waals surface area contributed by atoms with E-state index in [2.05, 4.69) is 26.9 Å². The number of hydrogen-bond donors (Lipinski definition) is 1. The minimum absolute atomic E-state index is 0.00225. The topological polar surface area (TPSA) is 44.8 Å². The number of piperazine rings is 1. The second-order valence-electron chi connectivity index (χ2n) is 6.31. The van der Waals surface area contributed by atoms with Gasteiger partial charge < -0.3 is 19.9 Å². The Bertz CT molecular complexity index is 794. The lowest BCUT2D eigenvalue weighted by Gasteiger charge is -2.35.